The summed E-state index contributed by atoms with van der Waals surface area (Å²) in [6.07, 6.45) is 1.24. The van der Waals surface area contributed by atoms with Gasteiger partial charge in [-0.25, -0.2) is 9.78 Å². The van der Waals surface area contributed by atoms with Crippen LogP contribution in [0.15, 0.2) is 41.1 Å². The molecular formula is C12H11NO3. The van der Waals surface area contributed by atoms with E-state index in [0.29, 0.717) is 12.3 Å². The number of aromatic nitrogens is 1. The van der Waals surface area contributed by atoms with E-state index in [1.165, 1.54) is 6.39 Å². The van der Waals surface area contributed by atoms with Gasteiger partial charge in [-0.3, -0.25) is 0 Å². The van der Waals surface area contributed by atoms with Crippen molar-refractivity contribution in [1.82, 2.24) is 4.98 Å². The van der Waals surface area contributed by atoms with E-state index in [9.17, 15) is 4.79 Å². The van der Waals surface area contributed by atoms with Gasteiger partial charge < -0.3 is 9.15 Å². The molecule has 0 aliphatic rings. The van der Waals surface area contributed by atoms with Gasteiger partial charge in [0, 0.05) is 5.56 Å². The maximum absolute atomic E-state index is 11.5. The summed E-state index contributed by atoms with van der Waals surface area (Å²) < 4.78 is 9.92. The Morgan fingerprint density at radius 2 is 2.12 bits per heavy atom. The second-order valence-corrected chi connectivity index (χ2v) is 3.12. The maximum Gasteiger partial charge on any atom is 0.376 e. The van der Waals surface area contributed by atoms with E-state index in [1.807, 2.05) is 30.3 Å². The number of benzene rings is 1. The van der Waals surface area contributed by atoms with Crippen molar-refractivity contribution in [3.05, 3.63) is 42.5 Å². The second kappa shape index (κ2) is 4.61. The summed E-state index contributed by atoms with van der Waals surface area (Å²) in [6.45, 7) is 2.06. The Morgan fingerprint density at radius 1 is 1.38 bits per heavy atom. The smallest absolute Gasteiger partial charge is 0.376 e. The van der Waals surface area contributed by atoms with Crippen LogP contribution in [0.4, 0.5) is 0 Å². The van der Waals surface area contributed by atoms with Gasteiger partial charge in [0.2, 0.25) is 5.76 Å². The number of nitrogens with zero attached hydrogens (tertiary/aromatic N) is 1. The van der Waals surface area contributed by atoms with Crippen molar-refractivity contribution in [2.45, 2.75) is 6.92 Å². The molecule has 0 atom stereocenters. The van der Waals surface area contributed by atoms with Crippen LogP contribution in [0, 0.1) is 0 Å². The van der Waals surface area contributed by atoms with Crippen LogP contribution < -0.4 is 0 Å². The van der Waals surface area contributed by atoms with Crippen molar-refractivity contribution in [3.63, 3.8) is 0 Å². The molecule has 1 heterocycles. The van der Waals surface area contributed by atoms with Crippen molar-refractivity contribution in [3.8, 4) is 11.3 Å². The third-order valence-electron chi connectivity index (χ3n) is 2.08. The molecule has 0 unspecified atom stereocenters. The quantitative estimate of drug-likeness (QED) is 0.741. The normalized spacial score (nSPS) is 10.1. The number of hydrogen-bond acceptors (Lipinski definition) is 4. The highest BCUT2D eigenvalue weighted by atomic mass is 16.5. The highest BCUT2D eigenvalue weighted by Crippen LogP contribution is 2.22. The summed E-state index contributed by atoms with van der Waals surface area (Å²) in [5.41, 5.74) is 1.35. The first-order chi connectivity index (χ1) is 7.83. The predicted octanol–water partition coefficient (Wildman–Crippen LogP) is 2.52. The van der Waals surface area contributed by atoms with Crippen molar-refractivity contribution >= 4 is 5.97 Å². The molecule has 1 aromatic carbocycles. The fourth-order valence-corrected chi connectivity index (χ4v) is 1.39. The summed E-state index contributed by atoms with van der Waals surface area (Å²) in [7, 11) is 0. The summed E-state index contributed by atoms with van der Waals surface area (Å²) in [5, 5.41) is 0. The fraction of sp³-hybridized carbons (Fsp3) is 0.167. The Balaban J connectivity index is 2.37. The summed E-state index contributed by atoms with van der Waals surface area (Å²) >= 11 is 0. The molecule has 0 aliphatic heterocycles. The molecule has 0 saturated carbocycles. The van der Waals surface area contributed by atoms with Gasteiger partial charge in [-0.15, -0.1) is 0 Å². The molecule has 2 aromatic rings. The predicted molar refractivity (Wildman–Crippen MR) is 57.9 cm³/mol. The van der Waals surface area contributed by atoms with Crippen molar-refractivity contribution in [2.75, 3.05) is 6.61 Å². The zero-order valence-electron chi connectivity index (χ0n) is 8.84. The molecule has 2 rings (SSSR count). The van der Waals surface area contributed by atoms with Crippen LogP contribution in [0.3, 0.4) is 0 Å². The van der Waals surface area contributed by atoms with E-state index < -0.39 is 5.97 Å². The standard InChI is InChI=1S/C12H11NO3/c1-2-15-12(14)11-10(13-8-16-11)9-6-4-3-5-7-9/h3-8H,2H2,1H3. The molecule has 82 valence electrons. The first-order valence-corrected chi connectivity index (χ1v) is 4.99. The van der Waals surface area contributed by atoms with Crippen LogP contribution in [0.1, 0.15) is 17.5 Å². The molecule has 0 saturated heterocycles. The maximum atomic E-state index is 11.5. The van der Waals surface area contributed by atoms with Crippen LogP contribution >= 0.6 is 0 Å². The monoisotopic (exact) mass is 217 g/mol. The molecular weight excluding hydrogens is 206 g/mol. The first-order valence-electron chi connectivity index (χ1n) is 4.99. The Bertz CT molecular complexity index is 476. The van der Waals surface area contributed by atoms with Crippen molar-refractivity contribution in [1.29, 1.82) is 0 Å². The van der Waals surface area contributed by atoms with Gasteiger partial charge >= 0.3 is 5.97 Å². The number of oxazole rings is 1. The number of esters is 1. The Morgan fingerprint density at radius 3 is 2.81 bits per heavy atom. The minimum atomic E-state index is -0.487. The van der Waals surface area contributed by atoms with Gasteiger partial charge in [0.05, 0.1) is 6.61 Å². The van der Waals surface area contributed by atoms with Crippen molar-refractivity contribution < 1.29 is 13.9 Å². The van der Waals surface area contributed by atoms with Crippen LogP contribution in [0.2, 0.25) is 0 Å². The topological polar surface area (TPSA) is 52.3 Å². The molecule has 0 radical (unpaired) electrons. The Hall–Kier alpha value is -2.10. The molecule has 0 bridgehead atoms. The number of hydrogen-bond donors (Lipinski definition) is 0. The lowest BCUT2D eigenvalue weighted by Crippen LogP contribution is -2.04. The van der Waals surface area contributed by atoms with Gasteiger partial charge in [0.1, 0.15) is 5.69 Å². The fourth-order valence-electron chi connectivity index (χ4n) is 1.39. The summed E-state index contributed by atoms with van der Waals surface area (Å²) in [6, 6.07) is 9.37. The molecule has 4 heteroatoms. The minimum absolute atomic E-state index is 0.146. The van der Waals surface area contributed by atoms with Gasteiger partial charge in [-0.05, 0) is 6.92 Å². The SMILES string of the molecule is CCOC(=O)c1ocnc1-c1ccccc1. The lowest BCUT2D eigenvalue weighted by molar-refractivity contribution is 0.0491. The number of ether oxygens (including phenoxy) is 1. The molecule has 0 aliphatic carbocycles. The zero-order valence-corrected chi connectivity index (χ0v) is 8.84. The lowest BCUT2D eigenvalue weighted by atomic mass is 10.1. The lowest BCUT2D eigenvalue weighted by Gasteiger charge is -2.00. The minimum Gasteiger partial charge on any atom is -0.460 e. The molecule has 4 nitrogen and oxygen atoms in total. The largest absolute Gasteiger partial charge is 0.460 e. The number of carbonyl (C=O) groups excluding carboxylic acids is 1. The van der Waals surface area contributed by atoms with Crippen LogP contribution in [-0.2, 0) is 4.74 Å². The van der Waals surface area contributed by atoms with Gasteiger partial charge in [0.25, 0.3) is 0 Å². The summed E-state index contributed by atoms with van der Waals surface area (Å²) in [4.78, 5) is 15.6. The van der Waals surface area contributed by atoms with E-state index in [4.69, 9.17) is 9.15 Å². The van der Waals surface area contributed by atoms with E-state index in [1.54, 1.807) is 6.92 Å². The van der Waals surface area contributed by atoms with Crippen molar-refractivity contribution in [2.24, 2.45) is 0 Å². The van der Waals surface area contributed by atoms with Gasteiger partial charge in [-0.1, -0.05) is 30.3 Å². The highest BCUT2D eigenvalue weighted by Gasteiger charge is 2.18. The Labute approximate surface area is 92.9 Å². The van der Waals surface area contributed by atoms with E-state index >= 15 is 0 Å². The van der Waals surface area contributed by atoms with Crippen LogP contribution in [0.25, 0.3) is 11.3 Å². The van der Waals surface area contributed by atoms with E-state index in [2.05, 4.69) is 4.98 Å². The number of rotatable bonds is 3. The van der Waals surface area contributed by atoms with Crippen LogP contribution in [0.5, 0.6) is 0 Å². The second-order valence-electron chi connectivity index (χ2n) is 3.12. The zero-order chi connectivity index (χ0) is 11.4. The van der Waals surface area contributed by atoms with E-state index in [-0.39, 0.29) is 5.76 Å². The molecule has 1 aromatic heterocycles. The average Bonchev–Trinajstić information content (AvgIpc) is 2.79. The molecule has 16 heavy (non-hydrogen) atoms. The number of carbonyl (C=O) groups is 1. The third-order valence-corrected chi connectivity index (χ3v) is 2.08. The van der Waals surface area contributed by atoms with E-state index in [0.717, 1.165) is 5.56 Å². The average molecular weight is 217 g/mol. The van der Waals surface area contributed by atoms with Crippen LogP contribution in [-0.4, -0.2) is 17.6 Å². The summed E-state index contributed by atoms with van der Waals surface area (Å²) in [5.74, 6) is -0.341. The molecule has 0 spiro atoms. The highest BCUT2D eigenvalue weighted by molar-refractivity contribution is 5.93. The molecule has 0 fully saturated rings. The Kier molecular flexibility index (Phi) is 3.00. The van der Waals surface area contributed by atoms with Gasteiger partial charge in [-0.2, -0.15) is 0 Å². The van der Waals surface area contributed by atoms with Gasteiger partial charge in [0.15, 0.2) is 6.39 Å². The molecule has 0 N–H and O–H groups in total. The molecule has 0 amide bonds. The first kappa shape index (κ1) is 10.4. The third kappa shape index (κ3) is 1.95.